The number of nitrogens with zero attached hydrogens (tertiary/aromatic N) is 2. The van der Waals surface area contributed by atoms with E-state index >= 15 is 0 Å². The summed E-state index contributed by atoms with van der Waals surface area (Å²) in [6.07, 6.45) is 1.88. The summed E-state index contributed by atoms with van der Waals surface area (Å²) in [6, 6.07) is 0. The summed E-state index contributed by atoms with van der Waals surface area (Å²) >= 11 is 8.47. The van der Waals surface area contributed by atoms with Crippen molar-refractivity contribution < 1.29 is 4.74 Å². The smallest absolute Gasteiger partial charge is 0.159 e. The zero-order valence-corrected chi connectivity index (χ0v) is 15.2. The normalized spacial score (nSPS) is 13.6. The van der Waals surface area contributed by atoms with Crippen LogP contribution in [0.15, 0.2) is 0 Å². The van der Waals surface area contributed by atoms with Gasteiger partial charge < -0.3 is 4.74 Å². The Morgan fingerprint density at radius 2 is 1.89 bits per heavy atom. The fraction of sp³-hybridized carbons (Fsp3) is 0.714. The maximum Gasteiger partial charge on any atom is 0.159 e. The summed E-state index contributed by atoms with van der Waals surface area (Å²) in [5.74, 6) is 0.707. The molecule has 0 saturated carbocycles. The molecule has 0 aromatic carbocycles. The Bertz CT molecular complexity index is 426. The molecule has 108 valence electrons. The van der Waals surface area contributed by atoms with Gasteiger partial charge in [-0.3, -0.25) is 0 Å². The summed E-state index contributed by atoms with van der Waals surface area (Å²) in [5.41, 5.74) is 0.935. The largest absolute Gasteiger partial charge is 0.371 e. The van der Waals surface area contributed by atoms with Gasteiger partial charge in [0.05, 0.1) is 9.26 Å². The predicted molar refractivity (Wildman–Crippen MR) is 87.7 cm³/mol. The van der Waals surface area contributed by atoms with E-state index in [0.29, 0.717) is 17.6 Å². The van der Waals surface area contributed by atoms with Gasteiger partial charge in [0.1, 0.15) is 11.3 Å². The van der Waals surface area contributed by atoms with Crippen LogP contribution in [0.3, 0.4) is 0 Å². The Hall–Kier alpha value is 0.0600. The number of hydrogen-bond acceptors (Lipinski definition) is 3. The summed E-state index contributed by atoms with van der Waals surface area (Å²) in [7, 11) is 0. The number of rotatable bonds is 5. The predicted octanol–water partition coefficient (Wildman–Crippen LogP) is 4.91. The Balaban J connectivity index is 3.25. The molecule has 0 aliphatic heterocycles. The fourth-order valence-electron chi connectivity index (χ4n) is 1.83. The zero-order valence-electron chi connectivity index (χ0n) is 12.3. The highest BCUT2D eigenvalue weighted by Gasteiger charge is 2.25. The average molecular weight is 397 g/mol. The van der Waals surface area contributed by atoms with Gasteiger partial charge in [-0.25, -0.2) is 9.97 Å². The monoisotopic (exact) mass is 396 g/mol. The molecule has 0 bridgehead atoms. The standard InChI is InChI=1S/C14H22ClIN2O/c1-6-8-9(19-7-2)13-17-11(14(3,4)5)10(16)12(15)18-13/h9H,6-8H2,1-5H3. The minimum absolute atomic E-state index is 0.0547. The molecular weight excluding hydrogens is 375 g/mol. The van der Waals surface area contributed by atoms with Crippen LogP contribution in [0, 0.1) is 3.57 Å². The van der Waals surface area contributed by atoms with Crippen LogP contribution in [-0.2, 0) is 10.2 Å². The van der Waals surface area contributed by atoms with Gasteiger partial charge in [-0.2, -0.15) is 0 Å². The fourth-order valence-corrected chi connectivity index (χ4v) is 3.05. The molecule has 1 aromatic rings. The van der Waals surface area contributed by atoms with Crippen molar-refractivity contribution >= 4 is 34.2 Å². The second-order valence-electron chi connectivity index (χ2n) is 5.52. The molecule has 0 spiro atoms. The molecule has 1 unspecified atom stereocenters. The number of halogens is 2. The summed E-state index contributed by atoms with van der Waals surface area (Å²) in [4.78, 5) is 9.12. The minimum Gasteiger partial charge on any atom is -0.371 e. The van der Waals surface area contributed by atoms with Crippen LogP contribution in [0.5, 0.6) is 0 Å². The summed E-state index contributed by atoms with van der Waals surface area (Å²) in [5, 5.41) is 0.524. The lowest BCUT2D eigenvalue weighted by molar-refractivity contribution is 0.0490. The highest BCUT2D eigenvalue weighted by Crippen LogP contribution is 2.31. The van der Waals surface area contributed by atoms with E-state index < -0.39 is 0 Å². The molecule has 0 amide bonds. The van der Waals surface area contributed by atoms with Crippen molar-refractivity contribution in [2.75, 3.05) is 6.61 Å². The van der Waals surface area contributed by atoms with Crippen molar-refractivity contribution in [3.63, 3.8) is 0 Å². The van der Waals surface area contributed by atoms with Gasteiger partial charge in [0.2, 0.25) is 0 Å². The van der Waals surface area contributed by atoms with Crippen LogP contribution in [-0.4, -0.2) is 16.6 Å². The van der Waals surface area contributed by atoms with Crippen LogP contribution in [0.2, 0.25) is 5.15 Å². The summed E-state index contributed by atoms with van der Waals surface area (Å²) < 4.78 is 6.68. The highest BCUT2D eigenvalue weighted by atomic mass is 127. The van der Waals surface area contributed by atoms with Gasteiger partial charge in [-0.15, -0.1) is 0 Å². The lowest BCUT2D eigenvalue weighted by atomic mass is 9.92. The van der Waals surface area contributed by atoms with Gasteiger partial charge >= 0.3 is 0 Å². The molecule has 1 atom stereocenters. The van der Waals surface area contributed by atoms with Crippen LogP contribution in [0.1, 0.15) is 65.1 Å². The van der Waals surface area contributed by atoms with Gasteiger partial charge in [0.15, 0.2) is 5.82 Å². The van der Waals surface area contributed by atoms with Crippen LogP contribution < -0.4 is 0 Å². The first-order valence-corrected chi connectivity index (χ1v) is 8.11. The maximum atomic E-state index is 6.26. The van der Waals surface area contributed by atoms with Gasteiger partial charge in [0.25, 0.3) is 0 Å². The van der Waals surface area contributed by atoms with E-state index in [9.17, 15) is 0 Å². The molecule has 5 heteroatoms. The quantitative estimate of drug-likeness (QED) is 0.524. The number of aromatic nitrogens is 2. The number of ether oxygens (including phenoxy) is 1. The van der Waals surface area contributed by atoms with Crippen molar-refractivity contribution in [3.05, 3.63) is 20.2 Å². The minimum atomic E-state index is -0.0643. The van der Waals surface area contributed by atoms with E-state index in [4.69, 9.17) is 21.3 Å². The van der Waals surface area contributed by atoms with Gasteiger partial charge in [-0.1, -0.05) is 45.7 Å². The number of hydrogen-bond donors (Lipinski definition) is 0. The van der Waals surface area contributed by atoms with E-state index in [2.05, 4.69) is 55.3 Å². The van der Waals surface area contributed by atoms with Crippen LogP contribution >= 0.6 is 34.2 Å². The first kappa shape index (κ1) is 17.1. The molecule has 1 heterocycles. The Kier molecular flexibility index (Phi) is 6.47. The molecule has 0 aliphatic carbocycles. The molecule has 19 heavy (non-hydrogen) atoms. The lowest BCUT2D eigenvalue weighted by Crippen LogP contribution is -2.20. The molecule has 3 nitrogen and oxygen atoms in total. The molecule has 0 radical (unpaired) electrons. The third-order valence-corrected chi connectivity index (χ3v) is 4.36. The Morgan fingerprint density at radius 3 is 2.37 bits per heavy atom. The van der Waals surface area contributed by atoms with Gasteiger partial charge in [0, 0.05) is 12.0 Å². The molecule has 1 aromatic heterocycles. The zero-order chi connectivity index (χ0) is 14.6. The van der Waals surface area contributed by atoms with Crippen molar-refractivity contribution in [2.24, 2.45) is 0 Å². The van der Waals surface area contributed by atoms with E-state index in [-0.39, 0.29) is 11.5 Å². The molecule has 0 saturated heterocycles. The van der Waals surface area contributed by atoms with E-state index in [1.54, 1.807) is 0 Å². The molecule has 1 rings (SSSR count). The average Bonchev–Trinajstić information content (AvgIpc) is 2.30. The third kappa shape index (κ3) is 4.53. The molecule has 0 fully saturated rings. The first-order valence-electron chi connectivity index (χ1n) is 6.66. The van der Waals surface area contributed by atoms with E-state index in [0.717, 1.165) is 22.1 Å². The first-order chi connectivity index (χ1) is 8.81. The third-order valence-electron chi connectivity index (χ3n) is 2.75. The molecule has 0 aliphatic rings. The maximum absolute atomic E-state index is 6.26. The second-order valence-corrected chi connectivity index (χ2v) is 6.95. The van der Waals surface area contributed by atoms with Crippen molar-refractivity contribution in [1.29, 1.82) is 0 Å². The Morgan fingerprint density at radius 1 is 1.26 bits per heavy atom. The van der Waals surface area contributed by atoms with Crippen LogP contribution in [0.25, 0.3) is 0 Å². The van der Waals surface area contributed by atoms with Crippen molar-refractivity contribution in [2.45, 2.75) is 59.0 Å². The molecular formula is C14H22ClIN2O. The Labute approximate surface area is 134 Å². The SMILES string of the molecule is CCCC(OCC)c1nc(Cl)c(I)c(C(C)(C)C)n1. The van der Waals surface area contributed by atoms with Crippen molar-refractivity contribution in [3.8, 4) is 0 Å². The molecule has 0 N–H and O–H groups in total. The second kappa shape index (κ2) is 7.18. The lowest BCUT2D eigenvalue weighted by Gasteiger charge is -2.23. The van der Waals surface area contributed by atoms with Crippen LogP contribution in [0.4, 0.5) is 0 Å². The van der Waals surface area contributed by atoms with E-state index in [1.807, 2.05) is 6.92 Å². The van der Waals surface area contributed by atoms with E-state index in [1.165, 1.54) is 0 Å². The topological polar surface area (TPSA) is 35.0 Å². The highest BCUT2D eigenvalue weighted by molar-refractivity contribution is 14.1. The van der Waals surface area contributed by atoms with Gasteiger partial charge in [-0.05, 0) is 35.9 Å². The summed E-state index contributed by atoms with van der Waals surface area (Å²) in [6.45, 7) is 11.2. The van der Waals surface area contributed by atoms with Crippen molar-refractivity contribution in [1.82, 2.24) is 9.97 Å².